The zero-order valence-electron chi connectivity index (χ0n) is 14.2. The number of rotatable bonds is 5. The lowest BCUT2D eigenvalue weighted by atomic mass is 10.2. The molecule has 2 heterocycles. The van der Waals surface area contributed by atoms with Gasteiger partial charge in [0, 0.05) is 0 Å². The molecule has 25 heavy (non-hydrogen) atoms. The van der Waals surface area contributed by atoms with Gasteiger partial charge in [-0.15, -0.1) is 11.3 Å². The van der Waals surface area contributed by atoms with Crippen LogP contribution in [0, 0.1) is 13.8 Å². The van der Waals surface area contributed by atoms with Gasteiger partial charge >= 0.3 is 5.97 Å². The van der Waals surface area contributed by atoms with Gasteiger partial charge in [-0.1, -0.05) is 17.7 Å². The number of aromatic nitrogens is 2. The molecule has 0 unspecified atom stereocenters. The minimum Gasteiger partial charge on any atom is -0.492 e. The number of hydrogen-bond donors (Lipinski definition) is 0. The van der Waals surface area contributed by atoms with Crippen molar-refractivity contribution in [3.63, 3.8) is 0 Å². The van der Waals surface area contributed by atoms with Crippen LogP contribution in [0.5, 0.6) is 5.75 Å². The Labute approximate surface area is 148 Å². The van der Waals surface area contributed by atoms with Crippen molar-refractivity contribution in [3.05, 3.63) is 57.0 Å². The molecular weight excluding hydrogens is 340 g/mol. The fraction of sp³-hybridized carbons (Fsp3) is 0.278. The van der Waals surface area contributed by atoms with Crippen molar-refractivity contribution in [2.75, 3.05) is 13.7 Å². The fourth-order valence-corrected chi connectivity index (χ4v) is 3.56. The maximum Gasteiger partial charge on any atom is 0.348 e. The van der Waals surface area contributed by atoms with Gasteiger partial charge in [-0.05, 0) is 31.5 Å². The van der Waals surface area contributed by atoms with E-state index in [9.17, 15) is 9.59 Å². The topological polar surface area (TPSA) is 70.4 Å². The Kier molecular flexibility index (Phi) is 4.85. The van der Waals surface area contributed by atoms with Crippen LogP contribution in [0.4, 0.5) is 0 Å². The molecule has 6 nitrogen and oxygen atoms in total. The number of fused-ring (bicyclic) bond motifs is 1. The Morgan fingerprint density at radius 1 is 1.24 bits per heavy atom. The number of hydrogen-bond acceptors (Lipinski definition) is 6. The van der Waals surface area contributed by atoms with E-state index in [0.29, 0.717) is 33.8 Å². The van der Waals surface area contributed by atoms with E-state index >= 15 is 0 Å². The molecule has 0 fully saturated rings. The average molecular weight is 358 g/mol. The molecule has 2 aromatic heterocycles. The van der Waals surface area contributed by atoms with Gasteiger partial charge in [-0.25, -0.2) is 9.78 Å². The van der Waals surface area contributed by atoms with Crippen LogP contribution < -0.4 is 10.3 Å². The number of benzene rings is 1. The number of nitrogens with zero attached hydrogens (tertiary/aromatic N) is 2. The Hall–Kier alpha value is -2.67. The van der Waals surface area contributed by atoms with Gasteiger partial charge in [0.25, 0.3) is 5.56 Å². The molecule has 0 saturated carbocycles. The second-order valence-electron chi connectivity index (χ2n) is 5.63. The second kappa shape index (κ2) is 7.06. The monoisotopic (exact) mass is 358 g/mol. The minimum atomic E-state index is -0.450. The van der Waals surface area contributed by atoms with Gasteiger partial charge in [0.2, 0.25) is 0 Å². The highest BCUT2D eigenvalue weighted by Gasteiger charge is 2.19. The van der Waals surface area contributed by atoms with E-state index in [2.05, 4.69) is 4.98 Å². The predicted octanol–water partition coefficient (Wildman–Crippen LogP) is 2.94. The first-order chi connectivity index (χ1) is 12.0. The first-order valence-corrected chi connectivity index (χ1v) is 8.59. The normalized spacial score (nSPS) is 10.8. The highest BCUT2D eigenvalue weighted by atomic mass is 32.1. The number of thiophene rings is 1. The fourth-order valence-electron chi connectivity index (χ4n) is 2.50. The Morgan fingerprint density at radius 2 is 1.96 bits per heavy atom. The SMILES string of the molecule is COC(=O)c1sc2ncn(CCOc3ccc(C)cc3)c(=O)c2c1C. The van der Waals surface area contributed by atoms with Gasteiger partial charge in [-0.2, -0.15) is 0 Å². The Morgan fingerprint density at radius 3 is 2.64 bits per heavy atom. The Balaban J connectivity index is 1.81. The van der Waals surface area contributed by atoms with Crippen LogP contribution in [0.15, 0.2) is 35.4 Å². The summed E-state index contributed by atoms with van der Waals surface area (Å²) in [5.41, 5.74) is 1.59. The predicted molar refractivity (Wildman–Crippen MR) is 96.6 cm³/mol. The number of carbonyl (C=O) groups is 1. The second-order valence-corrected chi connectivity index (χ2v) is 6.63. The van der Waals surface area contributed by atoms with Crippen LogP contribution in [0.1, 0.15) is 20.8 Å². The largest absolute Gasteiger partial charge is 0.492 e. The van der Waals surface area contributed by atoms with Crippen LogP contribution >= 0.6 is 11.3 Å². The van der Waals surface area contributed by atoms with Crippen molar-refractivity contribution in [3.8, 4) is 5.75 Å². The molecule has 0 N–H and O–H groups in total. The molecule has 130 valence electrons. The van der Waals surface area contributed by atoms with Gasteiger partial charge < -0.3 is 9.47 Å². The molecule has 7 heteroatoms. The third-order valence-corrected chi connectivity index (χ3v) is 5.09. The zero-order chi connectivity index (χ0) is 18.0. The lowest BCUT2D eigenvalue weighted by Crippen LogP contribution is -2.23. The molecule has 0 amide bonds. The standard InChI is InChI=1S/C18H18N2O4S/c1-11-4-6-13(7-5-11)24-9-8-20-10-19-16-14(17(20)21)12(2)15(25-16)18(22)23-3/h4-7,10H,8-9H2,1-3H3. The van der Waals surface area contributed by atoms with Crippen LogP contribution in [0.2, 0.25) is 0 Å². The molecule has 0 atom stereocenters. The van der Waals surface area contributed by atoms with E-state index in [1.165, 1.54) is 29.3 Å². The quantitative estimate of drug-likeness (QED) is 0.656. The van der Waals surface area contributed by atoms with Crippen LogP contribution in [-0.2, 0) is 11.3 Å². The smallest absolute Gasteiger partial charge is 0.348 e. The lowest BCUT2D eigenvalue weighted by Gasteiger charge is -2.08. The molecule has 0 aliphatic carbocycles. The van der Waals surface area contributed by atoms with Crippen molar-refractivity contribution in [2.45, 2.75) is 20.4 Å². The maximum absolute atomic E-state index is 12.7. The van der Waals surface area contributed by atoms with E-state index in [0.717, 1.165) is 11.3 Å². The summed E-state index contributed by atoms with van der Waals surface area (Å²) in [6, 6.07) is 7.73. The highest BCUT2D eigenvalue weighted by Crippen LogP contribution is 2.27. The van der Waals surface area contributed by atoms with Crippen LogP contribution in [0.3, 0.4) is 0 Å². The molecule has 3 aromatic rings. The summed E-state index contributed by atoms with van der Waals surface area (Å²) < 4.78 is 11.9. The first-order valence-electron chi connectivity index (χ1n) is 7.77. The van der Waals surface area contributed by atoms with E-state index in [4.69, 9.17) is 9.47 Å². The molecule has 0 saturated heterocycles. The molecule has 0 bridgehead atoms. The summed E-state index contributed by atoms with van der Waals surface area (Å²) in [5.74, 6) is 0.307. The summed E-state index contributed by atoms with van der Waals surface area (Å²) in [6.07, 6.45) is 1.49. The van der Waals surface area contributed by atoms with Gasteiger partial charge in [0.15, 0.2) is 0 Å². The van der Waals surface area contributed by atoms with Crippen molar-refractivity contribution in [1.82, 2.24) is 9.55 Å². The van der Waals surface area contributed by atoms with Crippen molar-refractivity contribution in [2.24, 2.45) is 0 Å². The number of ether oxygens (including phenoxy) is 2. The van der Waals surface area contributed by atoms with Crippen LogP contribution in [-0.4, -0.2) is 29.2 Å². The van der Waals surface area contributed by atoms with E-state index in [1.54, 1.807) is 6.92 Å². The zero-order valence-corrected chi connectivity index (χ0v) is 15.1. The number of aryl methyl sites for hydroxylation is 2. The summed E-state index contributed by atoms with van der Waals surface area (Å²) in [5, 5.41) is 0.461. The maximum atomic E-state index is 12.7. The van der Waals surface area contributed by atoms with Crippen molar-refractivity contribution >= 4 is 27.5 Å². The molecule has 0 aliphatic heterocycles. The van der Waals surface area contributed by atoms with Gasteiger partial charge in [0.1, 0.15) is 22.1 Å². The summed E-state index contributed by atoms with van der Waals surface area (Å²) in [4.78, 5) is 29.7. The first kappa shape index (κ1) is 17.2. The Bertz CT molecular complexity index is 973. The van der Waals surface area contributed by atoms with Crippen molar-refractivity contribution in [1.29, 1.82) is 0 Å². The minimum absolute atomic E-state index is 0.179. The summed E-state index contributed by atoms with van der Waals surface area (Å²) in [7, 11) is 1.32. The third kappa shape index (κ3) is 3.41. The molecule has 1 aromatic carbocycles. The van der Waals surface area contributed by atoms with Gasteiger partial charge in [0.05, 0.1) is 25.4 Å². The average Bonchev–Trinajstić information content (AvgIpc) is 2.95. The molecule has 3 rings (SSSR count). The van der Waals surface area contributed by atoms with Crippen molar-refractivity contribution < 1.29 is 14.3 Å². The highest BCUT2D eigenvalue weighted by molar-refractivity contribution is 7.20. The molecule has 0 radical (unpaired) electrons. The van der Waals surface area contributed by atoms with Gasteiger partial charge in [-0.3, -0.25) is 9.36 Å². The third-order valence-electron chi connectivity index (χ3n) is 3.91. The van der Waals surface area contributed by atoms with E-state index < -0.39 is 5.97 Å². The lowest BCUT2D eigenvalue weighted by molar-refractivity contribution is 0.0605. The number of carbonyl (C=O) groups excluding carboxylic acids is 1. The van der Waals surface area contributed by atoms with E-state index in [-0.39, 0.29) is 5.56 Å². The number of esters is 1. The molecular formula is C18H18N2O4S. The number of methoxy groups -OCH3 is 1. The summed E-state index contributed by atoms with van der Waals surface area (Å²) in [6.45, 7) is 4.47. The van der Waals surface area contributed by atoms with E-state index in [1.807, 2.05) is 31.2 Å². The van der Waals surface area contributed by atoms with Crippen LogP contribution in [0.25, 0.3) is 10.2 Å². The molecule has 0 spiro atoms. The summed E-state index contributed by atoms with van der Waals surface area (Å²) >= 11 is 1.17. The molecule has 0 aliphatic rings.